The van der Waals surface area contributed by atoms with Gasteiger partial charge in [0.2, 0.25) is 0 Å². The number of rotatable bonds is 4. The third kappa shape index (κ3) is 3.58. The number of benzene rings is 1. The largest absolute Gasteiger partial charge is 0.366 e. The van der Waals surface area contributed by atoms with E-state index in [1.807, 2.05) is 6.92 Å². The molecule has 4 N–H and O–H groups in total. The van der Waals surface area contributed by atoms with Crippen LogP contribution in [0.4, 0.5) is 10.5 Å². The second kappa shape index (κ2) is 5.56. The van der Waals surface area contributed by atoms with E-state index < -0.39 is 5.91 Å². The van der Waals surface area contributed by atoms with Crippen molar-refractivity contribution in [3.63, 3.8) is 0 Å². The van der Waals surface area contributed by atoms with Gasteiger partial charge in [-0.05, 0) is 37.8 Å². The number of carbonyl (C=O) groups is 2. The number of nitrogens with one attached hydrogen (secondary N) is 2. The van der Waals surface area contributed by atoms with Gasteiger partial charge in [-0.1, -0.05) is 17.7 Å². The molecule has 0 bridgehead atoms. The van der Waals surface area contributed by atoms with Crippen molar-refractivity contribution in [3.8, 4) is 0 Å². The molecule has 1 aromatic carbocycles. The molecule has 1 aliphatic carbocycles. The van der Waals surface area contributed by atoms with Crippen molar-refractivity contribution in [1.29, 1.82) is 0 Å². The molecule has 0 heterocycles. The first-order valence-electron chi connectivity index (χ1n) is 6.21. The lowest BCUT2D eigenvalue weighted by molar-refractivity contribution is 0.100. The number of hydrogen-bond donors (Lipinski definition) is 3. The highest BCUT2D eigenvalue weighted by molar-refractivity contribution is 6.02. The van der Waals surface area contributed by atoms with Crippen LogP contribution < -0.4 is 16.4 Å². The predicted octanol–water partition coefficient (Wildman–Crippen LogP) is 2.22. The summed E-state index contributed by atoms with van der Waals surface area (Å²) in [5, 5.41) is 5.27. The summed E-state index contributed by atoms with van der Waals surface area (Å²) in [6.45, 7) is 2.00. The number of nitrogens with two attached hydrogens (primary N) is 1. The first-order chi connectivity index (χ1) is 9.08. The van der Waals surface area contributed by atoms with E-state index in [1.54, 1.807) is 30.5 Å². The molecule has 0 saturated heterocycles. The van der Waals surface area contributed by atoms with E-state index in [4.69, 9.17) is 5.73 Å². The Morgan fingerprint density at radius 2 is 2.00 bits per heavy atom. The highest BCUT2D eigenvalue weighted by Crippen LogP contribution is 2.35. The van der Waals surface area contributed by atoms with E-state index in [1.165, 1.54) is 18.4 Å². The first kappa shape index (κ1) is 13.1. The Bertz CT molecular complexity index is 533. The zero-order valence-electron chi connectivity index (χ0n) is 10.8. The van der Waals surface area contributed by atoms with Gasteiger partial charge in [-0.2, -0.15) is 0 Å². The van der Waals surface area contributed by atoms with Gasteiger partial charge < -0.3 is 16.4 Å². The van der Waals surface area contributed by atoms with Crippen molar-refractivity contribution in [3.05, 3.63) is 41.6 Å². The lowest BCUT2D eigenvalue weighted by Gasteiger charge is -2.08. The minimum absolute atomic E-state index is 0.292. The van der Waals surface area contributed by atoms with Crippen LogP contribution in [0.1, 0.15) is 30.1 Å². The topological polar surface area (TPSA) is 84.2 Å². The summed E-state index contributed by atoms with van der Waals surface area (Å²) in [5.41, 5.74) is 7.10. The summed E-state index contributed by atoms with van der Waals surface area (Å²) in [7, 11) is 0. The Kier molecular flexibility index (Phi) is 3.85. The molecular formula is C14H17N3O2. The normalized spacial score (nSPS) is 14.9. The molecule has 5 nitrogen and oxygen atoms in total. The van der Waals surface area contributed by atoms with Crippen LogP contribution in [-0.4, -0.2) is 11.9 Å². The zero-order chi connectivity index (χ0) is 13.8. The van der Waals surface area contributed by atoms with Crippen molar-refractivity contribution >= 4 is 17.6 Å². The summed E-state index contributed by atoms with van der Waals surface area (Å²) in [5.74, 6) is 0.0406. The summed E-state index contributed by atoms with van der Waals surface area (Å²) in [6.07, 6.45) is 4.09. The molecule has 0 aliphatic heterocycles. The number of hydrogen-bond acceptors (Lipinski definition) is 2. The number of urea groups is 1. The number of primary amides is 1. The van der Waals surface area contributed by atoms with Gasteiger partial charge in [0, 0.05) is 6.20 Å². The lowest BCUT2D eigenvalue weighted by atomic mass is 10.1. The van der Waals surface area contributed by atoms with E-state index in [0.29, 0.717) is 17.2 Å². The lowest BCUT2D eigenvalue weighted by Crippen LogP contribution is -2.26. The molecule has 0 unspecified atom stereocenters. The van der Waals surface area contributed by atoms with Gasteiger partial charge in [0.15, 0.2) is 0 Å². The minimum Gasteiger partial charge on any atom is -0.366 e. The molecule has 3 amide bonds. The summed E-state index contributed by atoms with van der Waals surface area (Å²) in [4.78, 5) is 22.9. The summed E-state index contributed by atoms with van der Waals surface area (Å²) < 4.78 is 0. The van der Waals surface area contributed by atoms with Crippen LogP contribution in [0.5, 0.6) is 0 Å². The predicted molar refractivity (Wildman–Crippen MR) is 73.6 cm³/mol. The van der Waals surface area contributed by atoms with E-state index >= 15 is 0 Å². The number of allylic oxidation sites excluding steroid dienone is 1. The van der Waals surface area contributed by atoms with Crippen LogP contribution in [0, 0.1) is 5.92 Å². The average molecular weight is 259 g/mol. The second-order valence-electron chi connectivity index (χ2n) is 4.67. The van der Waals surface area contributed by atoms with Crippen molar-refractivity contribution in [2.75, 3.05) is 5.32 Å². The van der Waals surface area contributed by atoms with Gasteiger partial charge >= 0.3 is 6.03 Å². The standard InChI is InChI=1S/C14H17N3O2/c1-9(10-6-7-10)8-16-14(19)17-12-5-3-2-4-11(12)13(15)18/h2-5,8,10H,6-7H2,1H3,(H2,15,18)(H2,16,17,19)/b9-8+. The van der Waals surface area contributed by atoms with Crippen LogP contribution in [0.15, 0.2) is 36.0 Å². The molecule has 100 valence electrons. The van der Waals surface area contributed by atoms with E-state index in [2.05, 4.69) is 10.6 Å². The number of anilines is 1. The minimum atomic E-state index is -0.569. The SMILES string of the molecule is C/C(=C\NC(=O)Nc1ccccc1C(N)=O)C1CC1. The molecular weight excluding hydrogens is 242 g/mol. The molecule has 1 fully saturated rings. The molecule has 0 aromatic heterocycles. The molecule has 1 saturated carbocycles. The molecule has 0 radical (unpaired) electrons. The third-order valence-electron chi connectivity index (χ3n) is 3.09. The fourth-order valence-electron chi connectivity index (χ4n) is 1.80. The van der Waals surface area contributed by atoms with Gasteiger partial charge in [0.1, 0.15) is 0 Å². The Morgan fingerprint density at radius 3 is 2.63 bits per heavy atom. The van der Waals surface area contributed by atoms with E-state index in [9.17, 15) is 9.59 Å². The molecule has 0 spiro atoms. The van der Waals surface area contributed by atoms with Gasteiger partial charge in [-0.15, -0.1) is 0 Å². The number of amides is 3. The van der Waals surface area contributed by atoms with E-state index in [-0.39, 0.29) is 6.03 Å². The Labute approximate surface area is 111 Å². The molecule has 0 atom stereocenters. The summed E-state index contributed by atoms with van der Waals surface area (Å²) >= 11 is 0. The quantitative estimate of drug-likeness (QED) is 0.774. The maximum atomic E-state index is 11.7. The number of para-hydroxylation sites is 1. The fraction of sp³-hybridized carbons (Fsp3) is 0.286. The van der Waals surface area contributed by atoms with Gasteiger partial charge in [-0.25, -0.2) is 4.79 Å². The first-order valence-corrected chi connectivity index (χ1v) is 6.21. The van der Waals surface area contributed by atoms with Crippen LogP contribution >= 0.6 is 0 Å². The fourth-order valence-corrected chi connectivity index (χ4v) is 1.80. The van der Waals surface area contributed by atoms with Gasteiger partial charge in [-0.3, -0.25) is 4.79 Å². The smallest absolute Gasteiger partial charge is 0.323 e. The van der Waals surface area contributed by atoms with Crippen LogP contribution in [0.3, 0.4) is 0 Å². The zero-order valence-corrected chi connectivity index (χ0v) is 10.8. The van der Waals surface area contributed by atoms with Crippen molar-refractivity contribution < 1.29 is 9.59 Å². The van der Waals surface area contributed by atoms with Crippen LogP contribution in [-0.2, 0) is 0 Å². The average Bonchev–Trinajstić information content (AvgIpc) is 3.20. The highest BCUT2D eigenvalue weighted by atomic mass is 16.2. The molecule has 1 aliphatic rings. The maximum Gasteiger partial charge on any atom is 0.323 e. The second-order valence-corrected chi connectivity index (χ2v) is 4.67. The van der Waals surface area contributed by atoms with Crippen molar-refractivity contribution in [2.24, 2.45) is 11.7 Å². The van der Waals surface area contributed by atoms with Gasteiger partial charge in [0.05, 0.1) is 11.3 Å². The molecule has 19 heavy (non-hydrogen) atoms. The monoisotopic (exact) mass is 259 g/mol. The Morgan fingerprint density at radius 1 is 1.32 bits per heavy atom. The molecule has 2 rings (SSSR count). The van der Waals surface area contributed by atoms with Crippen LogP contribution in [0.25, 0.3) is 0 Å². The van der Waals surface area contributed by atoms with Crippen LogP contribution in [0.2, 0.25) is 0 Å². The molecule has 5 heteroatoms. The Hall–Kier alpha value is -2.30. The molecule has 1 aromatic rings. The number of carbonyl (C=O) groups excluding carboxylic acids is 2. The van der Waals surface area contributed by atoms with E-state index in [0.717, 1.165) is 0 Å². The third-order valence-corrected chi connectivity index (χ3v) is 3.09. The van der Waals surface area contributed by atoms with Crippen molar-refractivity contribution in [1.82, 2.24) is 5.32 Å². The Balaban J connectivity index is 1.98. The summed E-state index contributed by atoms with van der Waals surface area (Å²) in [6, 6.07) is 6.25. The maximum absolute atomic E-state index is 11.7. The highest BCUT2D eigenvalue weighted by Gasteiger charge is 2.22. The van der Waals surface area contributed by atoms with Gasteiger partial charge in [0.25, 0.3) is 5.91 Å². The van der Waals surface area contributed by atoms with Crippen molar-refractivity contribution in [2.45, 2.75) is 19.8 Å².